The van der Waals surface area contributed by atoms with Gasteiger partial charge >= 0.3 is 5.97 Å². The molecule has 90 valence electrons. The molecule has 0 aliphatic heterocycles. The lowest BCUT2D eigenvalue weighted by Crippen LogP contribution is -1.91. The molecule has 1 rings (SSSR count). The van der Waals surface area contributed by atoms with Crippen LogP contribution in [0.5, 0.6) is 0 Å². The molecule has 16 heavy (non-hydrogen) atoms. The van der Waals surface area contributed by atoms with E-state index in [-0.39, 0.29) is 4.47 Å². The first kappa shape index (κ1) is 15.0. The summed E-state index contributed by atoms with van der Waals surface area (Å²) in [5.41, 5.74) is 0. The molecular formula is C11H13BrF2O2. The van der Waals surface area contributed by atoms with Gasteiger partial charge in [-0.2, -0.15) is 0 Å². The second kappa shape index (κ2) is 8.21. The maximum absolute atomic E-state index is 12.3. The quantitative estimate of drug-likeness (QED) is 0.856. The van der Waals surface area contributed by atoms with Gasteiger partial charge in [-0.05, 0) is 34.5 Å². The molecule has 0 heterocycles. The number of rotatable bonds is 3. The number of unbranched alkanes of at least 4 members (excludes halogenated alkanes) is 1. The normalized spacial score (nSPS) is 9.25. The number of carboxylic acid groups (broad SMARTS) is 1. The van der Waals surface area contributed by atoms with Gasteiger partial charge in [0.1, 0.15) is 11.6 Å². The fraction of sp³-hybridized carbons (Fsp3) is 0.364. The van der Waals surface area contributed by atoms with Crippen LogP contribution >= 0.6 is 15.9 Å². The highest BCUT2D eigenvalue weighted by molar-refractivity contribution is 9.10. The Morgan fingerprint density at radius 2 is 1.88 bits per heavy atom. The van der Waals surface area contributed by atoms with Crippen LogP contribution in [0, 0.1) is 11.6 Å². The van der Waals surface area contributed by atoms with Crippen molar-refractivity contribution in [1.29, 1.82) is 0 Å². The molecule has 0 saturated heterocycles. The van der Waals surface area contributed by atoms with E-state index in [1.807, 2.05) is 6.92 Å². The highest BCUT2D eigenvalue weighted by Crippen LogP contribution is 2.17. The van der Waals surface area contributed by atoms with Gasteiger partial charge in [0.15, 0.2) is 0 Å². The molecule has 0 fully saturated rings. The van der Waals surface area contributed by atoms with Crippen molar-refractivity contribution in [2.75, 3.05) is 0 Å². The van der Waals surface area contributed by atoms with E-state index < -0.39 is 17.6 Å². The first-order valence-corrected chi connectivity index (χ1v) is 5.59. The number of halogens is 3. The van der Waals surface area contributed by atoms with Crippen molar-refractivity contribution < 1.29 is 18.7 Å². The molecule has 1 aromatic carbocycles. The van der Waals surface area contributed by atoms with E-state index in [9.17, 15) is 13.6 Å². The first-order valence-electron chi connectivity index (χ1n) is 4.80. The van der Waals surface area contributed by atoms with Gasteiger partial charge in [-0.3, -0.25) is 4.79 Å². The molecule has 2 nitrogen and oxygen atoms in total. The summed E-state index contributed by atoms with van der Waals surface area (Å²) in [7, 11) is 0. The van der Waals surface area contributed by atoms with Crippen molar-refractivity contribution >= 4 is 21.9 Å². The van der Waals surface area contributed by atoms with E-state index in [2.05, 4.69) is 15.9 Å². The minimum Gasteiger partial charge on any atom is -0.481 e. The number of benzene rings is 1. The third-order valence-electron chi connectivity index (χ3n) is 1.65. The Kier molecular flexibility index (Phi) is 7.72. The maximum Gasteiger partial charge on any atom is 0.303 e. The SMILES string of the molecule is CCCCC(=O)O.Fc1cccc(F)c1Br. The van der Waals surface area contributed by atoms with Gasteiger partial charge in [-0.1, -0.05) is 19.4 Å². The van der Waals surface area contributed by atoms with Crippen LogP contribution < -0.4 is 0 Å². The average Bonchev–Trinajstić information content (AvgIpc) is 2.24. The third-order valence-corrected chi connectivity index (χ3v) is 2.41. The van der Waals surface area contributed by atoms with E-state index in [1.165, 1.54) is 18.2 Å². The summed E-state index contributed by atoms with van der Waals surface area (Å²) in [5.74, 6) is -1.84. The molecule has 0 bridgehead atoms. The molecule has 0 atom stereocenters. The second-order valence-corrected chi connectivity index (χ2v) is 3.83. The van der Waals surface area contributed by atoms with Crippen molar-refractivity contribution in [2.24, 2.45) is 0 Å². The van der Waals surface area contributed by atoms with Crippen LogP contribution in [0.4, 0.5) is 8.78 Å². The number of carboxylic acids is 1. The summed E-state index contributed by atoms with van der Waals surface area (Å²) < 4.78 is 24.5. The molecule has 0 radical (unpaired) electrons. The fourth-order valence-electron chi connectivity index (χ4n) is 0.805. The van der Waals surface area contributed by atoms with Crippen LogP contribution in [-0.2, 0) is 4.79 Å². The molecule has 0 spiro atoms. The van der Waals surface area contributed by atoms with Crippen molar-refractivity contribution in [3.63, 3.8) is 0 Å². The summed E-state index contributed by atoms with van der Waals surface area (Å²) >= 11 is 2.73. The summed E-state index contributed by atoms with van der Waals surface area (Å²) in [4.78, 5) is 9.76. The lowest BCUT2D eigenvalue weighted by atomic mass is 10.3. The zero-order valence-electron chi connectivity index (χ0n) is 8.84. The molecule has 1 N–H and O–H groups in total. The molecule has 0 aromatic heterocycles. The highest BCUT2D eigenvalue weighted by Gasteiger charge is 2.01. The van der Waals surface area contributed by atoms with Gasteiger partial charge in [0.05, 0.1) is 4.47 Å². The molecule has 0 amide bonds. The predicted molar refractivity (Wildman–Crippen MR) is 61.2 cm³/mol. The molecule has 0 aliphatic rings. The largest absolute Gasteiger partial charge is 0.481 e. The Morgan fingerprint density at radius 3 is 2.12 bits per heavy atom. The van der Waals surface area contributed by atoms with Crippen molar-refractivity contribution in [1.82, 2.24) is 0 Å². The van der Waals surface area contributed by atoms with Gasteiger partial charge < -0.3 is 5.11 Å². The first-order chi connectivity index (χ1) is 7.49. The summed E-state index contributed by atoms with van der Waals surface area (Å²) in [6.07, 6.45) is 2.08. The lowest BCUT2D eigenvalue weighted by Gasteiger charge is -1.92. The second-order valence-electron chi connectivity index (χ2n) is 3.03. The Balaban J connectivity index is 0.000000293. The van der Waals surface area contributed by atoms with Crippen LogP contribution in [0.15, 0.2) is 22.7 Å². The summed E-state index contributed by atoms with van der Waals surface area (Å²) in [5, 5.41) is 8.04. The van der Waals surface area contributed by atoms with Crippen LogP contribution in [0.2, 0.25) is 0 Å². The lowest BCUT2D eigenvalue weighted by molar-refractivity contribution is -0.137. The maximum atomic E-state index is 12.3. The summed E-state index contributed by atoms with van der Waals surface area (Å²) in [6, 6.07) is 3.69. The highest BCUT2D eigenvalue weighted by atomic mass is 79.9. The fourth-order valence-corrected chi connectivity index (χ4v) is 1.07. The zero-order valence-corrected chi connectivity index (χ0v) is 10.4. The van der Waals surface area contributed by atoms with Gasteiger partial charge in [-0.15, -0.1) is 0 Å². The summed E-state index contributed by atoms with van der Waals surface area (Å²) in [6.45, 7) is 1.98. The third kappa shape index (κ3) is 6.50. The minimum absolute atomic E-state index is 0.106. The van der Waals surface area contributed by atoms with Crippen LogP contribution in [0.1, 0.15) is 26.2 Å². The van der Waals surface area contributed by atoms with Crippen LogP contribution in [0.25, 0.3) is 0 Å². The average molecular weight is 295 g/mol. The topological polar surface area (TPSA) is 37.3 Å². The minimum atomic E-state index is -0.693. The molecule has 5 heteroatoms. The van der Waals surface area contributed by atoms with E-state index in [0.717, 1.165) is 12.8 Å². The van der Waals surface area contributed by atoms with Crippen LogP contribution in [0.3, 0.4) is 0 Å². The van der Waals surface area contributed by atoms with E-state index in [4.69, 9.17) is 5.11 Å². The number of hydrogen-bond donors (Lipinski definition) is 1. The van der Waals surface area contributed by atoms with E-state index in [0.29, 0.717) is 6.42 Å². The van der Waals surface area contributed by atoms with E-state index >= 15 is 0 Å². The Labute approximate surface area is 101 Å². The number of hydrogen-bond acceptors (Lipinski definition) is 1. The number of aliphatic carboxylic acids is 1. The predicted octanol–water partition coefficient (Wildman–Crippen LogP) is 3.99. The van der Waals surface area contributed by atoms with E-state index in [1.54, 1.807) is 0 Å². The van der Waals surface area contributed by atoms with Gasteiger partial charge in [0, 0.05) is 6.42 Å². The zero-order chi connectivity index (χ0) is 12.6. The van der Waals surface area contributed by atoms with Crippen LogP contribution in [-0.4, -0.2) is 11.1 Å². The van der Waals surface area contributed by atoms with Crippen molar-refractivity contribution in [2.45, 2.75) is 26.2 Å². The molecule has 1 aromatic rings. The standard InChI is InChI=1S/C6H3BrF2.C5H10O2/c7-6-4(8)2-1-3-5(6)9;1-2-3-4-5(6)7/h1-3H;2-4H2,1H3,(H,6,7). The molecule has 0 saturated carbocycles. The van der Waals surface area contributed by atoms with Crippen molar-refractivity contribution in [3.8, 4) is 0 Å². The molecule has 0 aliphatic carbocycles. The Bertz CT molecular complexity index is 323. The smallest absolute Gasteiger partial charge is 0.303 e. The van der Waals surface area contributed by atoms with Gasteiger partial charge in [0.25, 0.3) is 0 Å². The molecule has 0 unspecified atom stereocenters. The van der Waals surface area contributed by atoms with Crippen molar-refractivity contribution in [3.05, 3.63) is 34.3 Å². The number of carbonyl (C=O) groups is 1. The molecular weight excluding hydrogens is 282 g/mol. The Morgan fingerprint density at radius 1 is 1.38 bits per heavy atom. The Hall–Kier alpha value is -0.970. The van der Waals surface area contributed by atoms with Gasteiger partial charge in [-0.25, -0.2) is 8.78 Å². The monoisotopic (exact) mass is 294 g/mol. The van der Waals surface area contributed by atoms with Gasteiger partial charge in [0.2, 0.25) is 0 Å².